The molecule has 0 aromatic carbocycles. The smallest absolute Gasteiger partial charge is 0.377 e. The first-order valence-electron chi connectivity index (χ1n) is 24.9. The minimum atomic E-state index is -5.82. The fraction of sp³-hybridized carbons (Fsp3) is 0.804. The molecule has 23 heteroatoms. The van der Waals surface area contributed by atoms with E-state index in [1.165, 1.54) is 25.7 Å². The molecule has 0 heterocycles. The quantitative estimate of drug-likeness (QED) is 0.169. The van der Waals surface area contributed by atoms with Gasteiger partial charge in [0.1, 0.15) is 0 Å². The van der Waals surface area contributed by atoms with E-state index in [1.807, 2.05) is 30.4 Å². The lowest BCUT2D eigenvalue weighted by Gasteiger charge is -2.35. The van der Waals surface area contributed by atoms with Crippen LogP contribution in [0.15, 0.2) is 60.8 Å². The molecule has 10 aliphatic carbocycles. The number of alkyl halides is 18. The van der Waals surface area contributed by atoms with Gasteiger partial charge in [-0.05, 0) is 136 Å². The number of allylic oxidation sites excluding steroid dienone is 8. The number of hydrogen-bond acceptors (Lipinski definition) is 5. The van der Waals surface area contributed by atoms with Crippen molar-refractivity contribution in [3.8, 4) is 0 Å². The first kappa shape index (κ1) is 60.5. The maximum Gasteiger partial charge on any atom is 0.428 e. The summed E-state index contributed by atoms with van der Waals surface area (Å²) in [5.74, 6) is 6.38. The highest BCUT2D eigenvalue weighted by molar-refractivity contribution is 5.14. The van der Waals surface area contributed by atoms with Gasteiger partial charge < -0.3 is 24.4 Å². The van der Waals surface area contributed by atoms with E-state index in [2.05, 4.69) is 42.9 Å². The number of aliphatic hydroxyl groups is 2. The van der Waals surface area contributed by atoms with Crippen LogP contribution in [0.4, 0.5) is 79.0 Å². The van der Waals surface area contributed by atoms with Gasteiger partial charge in [0, 0.05) is 11.8 Å². The number of ether oxygens (including phenoxy) is 3. The van der Waals surface area contributed by atoms with E-state index in [4.69, 9.17) is 19.7 Å². The van der Waals surface area contributed by atoms with Crippen LogP contribution >= 0.6 is 0 Å². The highest BCUT2D eigenvalue weighted by atomic mass is 19.4. The van der Waals surface area contributed by atoms with Crippen LogP contribution in [0.25, 0.3) is 0 Å². The predicted octanol–water partition coefficient (Wildman–Crippen LogP) is 14.4. The molecular weight excluding hydrogens is 1030 g/mol. The molecule has 10 rings (SSSR count). The van der Waals surface area contributed by atoms with Gasteiger partial charge in [-0.3, -0.25) is 0 Å². The Morgan fingerprint density at radius 3 is 1.00 bits per heavy atom. The molecule has 424 valence electrons. The van der Waals surface area contributed by atoms with E-state index < -0.39 is 85.7 Å². The van der Waals surface area contributed by atoms with Crippen molar-refractivity contribution in [2.45, 2.75) is 145 Å². The molecule has 10 bridgehead atoms. The molecule has 0 aromatic heterocycles. The van der Waals surface area contributed by atoms with Gasteiger partial charge in [0.15, 0.2) is 5.41 Å². The lowest BCUT2D eigenvalue weighted by atomic mass is 9.86. The summed E-state index contributed by atoms with van der Waals surface area (Å²) in [7, 11) is 0. The Hall–Kier alpha value is -2.76. The van der Waals surface area contributed by atoms with Crippen LogP contribution in [-0.2, 0) is 14.2 Å². The summed E-state index contributed by atoms with van der Waals surface area (Å²) in [6, 6.07) is 0. The second-order valence-corrected chi connectivity index (χ2v) is 22.2. The molecule has 0 amide bonds. The van der Waals surface area contributed by atoms with Crippen molar-refractivity contribution < 1.29 is 103 Å². The zero-order valence-corrected chi connectivity index (χ0v) is 40.8. The van der Waals surface area contributed by atoms with Crippen LogP contribution in [0.1, 0.15) is 85.0 Å². The topological polar surface area (TPSA) is 68.2 Å². The normalized spacial score (nSPS) is 35.2. The van der Waals surface area contributed by atoms with Crippen LogP contribution in [0.5, 0.6) is 0 Å². The summed E-state index contributed by atoms with van der Waals surface area (Å²) in [6.45, 7) is -0.297. The third kappa shape index (κ3) is 13.2. The summed E-state index contributed by atoms with van der Waals surface area (Å²) in [5, 5.41) is 17.8. The molecule has 13 unspecified atom stereocenters. The Bertz CT molecular complexity index is 1870. The number of fused-ring (bicyclic) bond motifs is 10. The highest BCUT2D eigenvalue weighted by Crippen LogP contribution is 2.53. The van der Waals surface area contributed by atoms with Gasteiger partial charge in [0.25, 0.3) is 11.2 Å². The van der Waals surface area contributed by atoms with E-state index in [9.17, 15) is 79.0 Å². The van der Waals surface area contributed by atoms with Crippen molar-refractivity contribution in [2.75, 3.05) is 26.4 Å². The molecule has 2 N–H and O–H groups in total. The Kier molecular flexibility index (Phi) is 18.1. The van der Waals surface area contributed by atoms with E-state index >= 15 is 0 Å². The minimum absolute atomic E-state index is 0.0456. The number of hydrogen-bond donors (Lipinski definition) is 2. The highest BCUT2D eigenvalue weighted by Gasteiger charge is 2.72. The van der Waals surface area contributed by atoms with Gasteiger partial charge in [0.2, 0.25) is 0 Å². The Labute approximate surface area is 417 Å². The maximum atomic E-state index is 12.6. The molecule has 74 heavy (non-hydrogen) atoms. The van der Waals surface area contributed by atoms with Crippen LogP contribution in [0.3, 0.4) is 0 Å². The van der Waals surface area contributed by atoms with Crippen LogP contribution in [-0.4, -0.2) is 97.1 Å². The van der Waals surface area contributed by atoms with E-state index in [0.717, 1.165) is 48.3 Å². The van der Waals surface area contributed by atoms with Gasteiger partial charge in [-0.1, -0.05) is 74.6 Å². The fourth-order valence-electron chi connectivity index (χ4n) is 11.8. The Balaban J connectivity index is 0.000000157. The largest absolute Gasteiger partial charge is 0.428 e. The number of rotatable bonds is 10. The predicted molar refractivity (Wildman–Crippen MR) is 233 cm³/mol. The van der Waals surface area contributed by atoms with Gasteiger partial charge in [-0.25, -0.2) is 0 Å². The minimum Gasteiger partial charge on any atom is -0.377 e. The van der Waals surface area contributed by atoms with E-state index in [0.29, 0.717) is 31.6 Å². The summed E-state index contributed by atoms with van der Waals surface area (Å²) in [5.41, 5.74) is -13.4. The first-order chi connectivity index (χ1) is 33.9. The zero-order valence-electron chi connectivity index (χ0n) is 40.8. The maximum absolute atomic E-state index is 12.6. The molecule has 10 aliphatic rings. The molecule has 0 saturated heterocycles. The summed E-state index contributed by atoms with van der Waals surface area (Å²) in [4.78, 5) is 0. The van der Waals surface area contributed by atoms with Crippen molar-refractivity contribution in [3.05, 3.63) is 60.8 Å². The standard InChI is InChI=1S/C12H14F6O2.C12H14F6O.C11H12F6O2.C9H14.C7H10/c13-11(14,15)10(19,12(16,17)18)6-20-5-9-4-7-1-2-8(9)3-7;1-10(11(13,14)15,12(16,17)18)6-19-9-5-7-2-3-8(9)4-7;12-10(13,14)9(18,11(15,16)17)5-19-8-4-6-1-2-7(8)3-6;1-6-7(2)9-4-3-8(6)5-9;1-2-7-4-3-6(1)5-7/h1-2,7-9,19H,3-6H2;2-3,7-9H,4-6H2,1H3;1-2,6-8,18H,3-5H2;3-4,6-9H,5H2,1-2H3;1-2,6-7H,3-5H2/t;7?,8?,9-;6?,7?,8-;;/m.00../s1. The van der Waals surface area contributed by atoms with Gasteiger partial charge >= 0.3 is 37.1 Å². The fourth-order valence-corrected chi connectivity index (χ4v) is 11.8. The third-order valence-electron chi connectivity index (χ3n) is 17.2. The Morgan fingerprint density at radius 2 is 0.730 bits per heavy atom. The molecule has 5 fully saturated rings. The van der Waals surface area contributed by atoms with E-state index in [1.54, 1.807) is 6.08 Å². The monoisotopic (exact) mass is 1100 g/mol. The summed E-state index contributed by atoms with van der Waals surface area (Å²) in [6.07, 6.45) is -4.57. The van der Waals surface area contributed by atoms with Crippen molar-refractivity contribution >= 4 is 0 Å². The average Bonchev–Trinajstić information content (AvgIpc) is 4.15. The molecular formula is C51H64F18O5. The van der Waals surface area contributed by atoms with E-state index in [-0.39, 0.29) is 49.0 Å². The second-order valence-electron chi connectivity index (χ2n) is 22.2. The van der Waals surface area contributed by atoms with Crippen molar-refractivity contribution in [2.24, 2.45) is 82.3 Å². The molecule has 0 aromatic rings. The molecule has 0 spiro atoms. The first-order valence-corrected chi connectivity index (χ1v) is 24.9. The van der Waals surface area contributed by atoms with Crippen LogP contribution in [0, 0.1) is 82.3 Å². The van der Waals surface area contributed by atoms with Crippen molar-refractivity contribution in [3.63, 3.8) is 0 Å². The van der Waals surface area contributed by atoms with Crippen LogP contribution < -0.4 is 0 Å². The molecule has 5 saturated carbocycles. The molecule has 5 nitrogen and oxygen atoms in total. The van der Waals surface area contributed by atoms with Gasteiger partial charge in [-0.2, -0.15) is 79.0 Å². The zero-order chi connectivity index (χ0) is 55.3. The van der Waals surface area contributed by atoms with Crippen LogP contribution in [0.2, 0.25) is 0 Å². The van der Waals surface area contributed by atoms with Gasteiger partial charge in [0.05, 0.1) is 38.6 Å². The van der Waals surface area contributed by atoms with Crippen molar-refractivity contribution in [1.29, 1.82) is 0 Å². The van der Waals surface area contributed by atoms with Gasteiger partial charge in [-0.15, -0.1) is 0 Å². The molecule has 15 atom stereocenters. The SMILES string of the molecule is C1=CC2CCC1C2.CC(CO[C@H]1CC2C=CC1C2)(C(F)(F)F)C(F)(F)F.CC1C2C=CC(C2)C1C.OC(COCC1CC2C=CC1C2)(C(F)(F)F)C(F)(F)F.OC(CO[C@H]1CC2C=CC1C2)(C(F)(F)F)C(F)(F)F. The third-order valence-corrected chi connectivity index (χ3v) is 17.2. The Morgan fingerprint density at radius 1 is 0.378 bits per heavy atom. The second kappa shape index (κ2) is 22.2. The molecule has 0 aliphatic heterocycles. The average molecular weight is 1100 g/mol. The molecule has 0 radical (unpaired) electrons. The lowest BCUT2D eigenvalue weighted by Crippen LogP contribution is -2.60. The summed E-state index contributed by atoms with van der Waals surface area (Å²) < 4.78 is 239. The summed E-state index contributed by atoms with van der Waals surface area (Å²) >= 11 is 0. The van der Waals surface area contributed by atoms with Crippen molar-refractivity contribution in [1.82, 2.24) is 0 Å². The lowest BCUT2D eigenvalue weighted by molar-refractivity contribution is -0.380. The number of halogens is 18.